The maximum atomic E-state index is 11.5. The summed E-state index contributed by atoms with van der Waals surface area (Å²) < 4.78 is 0. The number of benzene rings is 1. The summed E-state index contributed by atoms with van der Waals surface area (Å²) in [5.74, 6) is 0.362. The van der Waals surface area contributed by atoms with Gasteiger partial charge in [-0.1, -0.05) is 37.7 Å². The van der Waals surface area contributed by atoms with Gasteiger partial charge < -0.3 is 16.4 Å². The van der Waals surface area contributed by atoms with Gasteiger partial charge in [-0.05, 0) is 24.1 Å². The van der Waals surface area contributed by atoms with Gasteiger partial charge in [0, 0.05) is 12.1 Å². The van der Waals surface area contributed by atoms with Gasteiger partial charge in [0.15, 0.2) is 0 Å². The van der Waals surface area contributed by atoms with Crippen molar-refractivity contribution in [2.75, 3.05) is 18.4 Å². The minimum Gasteiger partial charge on any atom is -0.389 e. The van der Waals surface area contributed by atoms with Crippen LogP contribution in [0, 0.1) is 5.92 Å². The van der Waals surface area contributed by atoms with Gasteiger partial charge in [-0.15, -0.1) is 0 Å². The zero-order chi connectivity index (χ0) is 14.4. The van der Waals surface area contributed by atoms with E-state index < -0.39 is 0 Å². The van der Waals surface area contributed by atoms with E-state index in [1.165, 1.54) is 0 Å². The molecule has 0 fully saturated rings. The highest BCUT2D eigenvalue weighted by molar-refractivity contribution is 7.80. The second kappa shape index (κ2) is 7.31. The molecule has 0 heterocycles. The standard InChI is InChI=1S/C13H18ClN3OS/c1-8(2)6-17-12(18)7-16-11-4-3-9(13(15)19)5-10(11)14/h3-5,8,16H,6-7H2,1-2H3,(H2,15,19)(H,17,18). The Morgan fingerprint density at radius 2 is 2.16 bits per heavy atom. The fourth-order valence-corrected chi connectivity index (χ4v) is 1.74. The Bertz CT molecular complexity index is 477. The molecule has 0 bridgehead atoms. The number of thiocarbonyl (C=S) groups is 1. The molecule has 0 atom stereocenters. The van der Waals surface area contributed by atoms with Crippen LogP contribution in [0.25, 0.3) is 0 Å². The number of carbonyl (C=O) groups excluding carboxylic acids is 1. The molecule has 0 aliphatic carbocycles. The Morgan fingerprint density at radius 3 is 2.68 bits per heavy atom. The average molecular weight is 300 g/mol. The molecule has 4 nitrogen and oxygen atoms in total. The van der Waals surface area contributed by atoms with Crippen molar-refractivity contribution in [1.82, 2.24) is 5.32 Å². The molecule has 19 heavy (non-hydrogen) atoms. The smallest absolute Gasteiger partial charge is 0.239 e. The third-order valence-corrected chi connectivity index (χ3v) is 2.95. The van der Waals surface area contributed by atoms with E-state index in [9.17, 15) is 4.79 Å². The molecule has 0 saturated carbocycles. The van der Waals surface area contributed by atoms with Crippen LogP contribution in [0.1, 0.15) is 19.4 Å². The van der Waals surface area contributed by atoms with Crippen LogP contribution < -0.4 is 16.4 Å². The molecule has 4 N–H and O–H groups in total. The van der Waals surface area contributed by atoms with Crippen LogP contribution in [0.3, 0.4) is 0 Å². The van der Waals surface area contributed by atoms with E-state index in [1.807, 2.05) is 13.8 Å². The molecule has 0 aromatic heterocycles. The highest BCUT2D eigenvalue weighted by atomic mass is 35.5. The monoisotopic (exact) mass is 299 g/mol. The molecule has 0 aliphatic rings. The summed E-state index contributed by atoms with van der Waals surface area (Å²) >= 11 is 10.9. The van der Waals surface area contributed by atoms with Crippen LogP contribution in [-0.2, 0) is 4.79 Å². The van der Waals surface area contributed by atoms with Crippen LogP contribution in [-0.4, -0.2) is 24.0 Å². The number of anilines is 1. The number of nitrogens with two attached hydrogens (primary N) is 1. The van der Waals surface area contributed by atoms with Gasteiger partial charge in [0.25, 0.3) is 0 Å². The molecule has 0 radical (unpaired) electrons. The third kappa shape index (κ3) is 5.44. The fourth-order valence-electron chi connectivity index (χ4n) is 1.37. The van der Waals surface area contributed by atoms with Crippen LogP contribution in [0.5, 0.6) is 0 Å². The maximum Gasteiger partial charge on any atom is 0.239 e. The lowest BCUT2D eigenvalue weighted by Gasteiger charge is -2.11. The largest absolute Gasteiger partial charge is 0.389 e. The highest BCUT2D eigenvalue weighted by Gasteiger charge is 2.06. The van der Waals surface area contributed by atoms with Crippen LogP contribution in [0.2, 0.25) is 5.02 Å². The maximum absolute atomic E-state index is 11.5. The first-order valence-electron chi connectivity index (χ1n) is 6.00. The number of halogens is 1. The predicted molar refractivity (Wildman–Crippen MR) is 83.7 cm³/mol. The Balaban J connectivity index is 2.54. The van der Waals surface area contributed by atoms with Crippen LogP contribution >= 0.6 is 23.8 Å². The van der Waals surface area contributed by atoms with Crippen molar-refractivity contribution in [2.45, 2.75) is 13.8 Å². The molecular formula is C13H18ClN3OS. The molecule has 0 unspecified atom stereocenters. The minimum absolute atomic E-state index is 0.0665. The minimum atomic E-state index is -0.0665. The van der Waals surface area contributed by atoms with E-state index in [1.54, 1.807) is 18.2 Å². The van der Waals surface area contributed by atoms with Crippen molar-refractivity contribution in [3.63, 3.8) is 0 Å². The van der Waals surface area contributed by atoms with E-state index in [4.69, 9.17) is 29.6 Å². The predicted octanol–water partition coefficient (Wildman–Crippen LogP) is 2.16. The van der Waals surface area contributed by atoms with Crippen molar-refractivity contribution in [3.05, 3.63) is 28.8 Å². The molecule has 1 amide bonds. The zero-order valence-electron chi connectivity index (χ0n) is 11.0. The fraction of sp³-hybridized carbons (Fsp3) is 0.385. The summed E-state index contributed by atoms with van der Waals surface area (Å²) in [6, 6.07) is 5.20. The normalized spacial score (nSPS) is 10.3. The Labute approximate surface area is 123 Å². The van der Waals surface area contributed by atoms with E-state index in [0.717, 1.165) is 0 Å². The van der Waals surface area contributed by atoms with E-state index >= 15 is 0 Å². The lowest BCUT2D eigenvalue weighted by Crippen LogP contribution is -2.32. The van der Waals surface area contributed by atoms with Crippen molar-refractivity contribution in [2.24, 2.45) is 11.7 Å². The molecule has 1 aromatic rings. The summed E-state index contributed by atoms with van der Waals surface area (Å²) in [4.78, 5) is 11.8. The Hall–Kier alpha value is -1.33. The van der Waals surface area contributed by atoms with Crippen LogP contribution in [0.4, 0.5) is 5.69 Å². The van der Waals surface area contributed by atoms with E-state index in [-0.39, 0.29) is 12.5 Å². The van der Waals surface area contributed by atoms with Gasteiger partial charge in [-0.2, -0.15) is 0 Å². The lowest BCUT2D eigenvalue weighted by molar-refractivity contribution is -0.119. The zero-order valence-corrected chi connectivity index (χ0v) is 12.6. The Morgan fingerprint density at radius 1 is 1.47 bits per heavy atom. The molecule has 1 aromatic carbocycles. The third-order valence-electron chi connectivity index (χ3n) is 2.40. The molecular weight excluding hydrogens is 282 g/mol. The Kier molecular flexibility index (Phi) is 6.05. The number of nitrogens with one attached hydrogen (secondary N) is 2. The number of hydrogen-bond donors (Lipinski definition) is 3. The lowest BCUT2D eigenvalue weighted by atomic mass is 10.2. The molecule has 1 rings (SSSR count). The summed E-state index contributed by atoms with van der Waals surface area (Å²) in [7, 11) is 0. The van der Waals surface area contributed by atoms with Gasteiger partial charge >= 0.3 is 0 Å². The second-order valence-corrected chi connectivity index (χ2v) is 5.46. The van der Waals surface area contributed by atoms with Gasteiger partial charge in [0.05, 0.1) is 17.3 Å². The average Bonchev–Trinajstić information content (AvgIpc) is 2.34. The van der Waals surface area contributed by atoms with Crippen molar-refractivity contribution < 1.29 is 4.79 Å². The van der Waals surface area contributed by atoms with Crippen molar-refractivity contribution in [3.8, 4) is 0 Å². The molecule has 104 valence electrons. The number of rotatable bonds is 6. The SMILES string of the molecule is CC(C)CNC(=O)CNc1ccc(C(N)=S)cc1Cl. The molecule has 0 spiro atoms. The summed E-state index contributed by atoms with van der Waals surface area (Å²) in [6.07, 6.45) is 0. The summed E-state index contributed by atoms with van der Waals surface area (Å²) in [5.41, 5.74) is 6.90. The molecule has 0 saturated heterocycles. The van der Waals surface area contributed by atoms with Crippen molar-refractivity contribution in [1.29, 1.82) is 0 Å². The van der Waals surface area contributed by atoms with E-state index in [0.29, 0.717) is 33.7 Å². The van der Waals surface area contributed by atoms with E-state index in [2.05, 4.69) is 10.6 Å². The molecule has 6 heteroatoms. The summed E-state index contributed by atoms with van der Waals surface area (Å²) in [5, 5.41) is 6.28. The summed E-state index contributed by atoms with van der Waals surface area (Å²) in [6.45, 7) is 4.92. The van der Waals surface area contributed by atoms with Crippen LogP contribution in [0.15, 0.2) is 18.2 Å². The number of carbonyl (C=O) groups is 1. The van der Waals surface area contributed by atoms with Gasteiger partial charge in [0.2, 0.25) is 5.91 Å². The molecule has 0 aliphatic heterocycles. The quantitative estimate of drug-likeness (QED) is 0.704. The number of amides is 1. The highest BCUT2D eigenvalue weighted by Crippen LogP contribution is 2.22. The first kappa shape index (κ1) is 15.7. The first-order chi connectivity index (χ1) is 8.90. The first-order valence-corrected chi connectivity index (χ1v) is 6.78. The van der Waals surface area contributed by atoms with Gasteiger partial charge in [0.1, 0.15) is 4.99 Å². The van der Waals surface area contributed by atoms with Crippen molar-refractivity contribution >= 4 is 40.4 Å². The second-order valence-electron chi connectivity index (χ2n) is 4.61. The van der Waals surface area contributed by atoms with Gasteiger partial charge in [-0.25, -0.2) is 0 Å². The topological polar surface area (TPSA) is 67.2 Å². The van der Waals surface area contributed by atoms with Gasteiger partial charge in [-0.3, -0.25) is 4.79 Å². The number of hydrogen-bond acceptors (Lipinski definition) is 3.